The number of methoxy groups -OCH3 is 2. The summed E-state index contributed by atoms with van der Waals surface area (Å²) >= 11 is 0. The van der Waals surface area contributed by atoms with E-state index in [1.54, 1.807) is 14.2 Å². The highest BCUT2D eigenvalue weighted by atomic mass is 28.2. The maximum atomic E-state index is 5.27. The van der Waals surface area contributed by atoms with E-state index in [9.17, 15) is 0 Å². The molecule has 3 heteroatoms. The lowest BCUT2D eigenvalue weighted by Gasteiger charge is -2.26. The second kappa shape index (κ2) is 6.18. The van der Waals surface area contributed by atoms with Crippen molar-refractivity contribution in [2.75, 3.05) is 14.2 Å². The molecule has 2 nitrogen and oxygen atoms in total. The van der Waals surface area contributed by atoms with E-state index in [4.69, 9.17) is 9.47 Å². The minimum absolute atomic E-state index is 0.0444. The van der Waals surface area contributed by atoms with Crippen molar-refractivity contribution in [3.8, 4) is 0 Å². The summed E-state index contributed by atoms with van der Waals surface area (Å²) in [7, 11) is 3.07. The number of rotatable bonds is 6. The van der Waals surface area contributed by atoms with E-state index in [2.05, 4.69) is 44.2 Å². The molecule has 0 N–H and O–H groups in total. The maximum Gasteiger partial charge on any atom is 0.134 e. The van der Waals surface area contributed by atoms with Crippen LogP contribution in [0.25, 0.3) is 0 Å². The Bertz CT molecular complexity index is 294. The average Bonchev–Trinajstić information content (AvgIpc) is 2.31. The molecular formula is C13H22O2Si. The molecule has 16 heavy (non-hydrogen) atoms. The molecule has 0 aliphatic rings. The van der Waals surface area contributed by atoms with Crippen LogP contribution < -0.4 is 0 Å². The molecule has 0 heterocycles. The van der Waals surface area contributed by atoms with Crippen LogP contribution in [0.5, 0.6) is 0 Å². The third-order valence-electron chi connectivity index (χ3n) is 3.09. The van der Waals surface area contributed by atoms with Gasteiger partial charge in [-0.3, -0.25) is 0 Å². The molecule has 0 atom stereocenters. The molecule has 1 aromatic carbocycles. The topological polar surface area (TPSA) is 18.5 Å². The van der Waals surface area contributed by atoms with Gasteiger partial charge in [0.15, 0.2) is 0 Å². The number of benzene rings is 1. The molecule has 0 fully saturated rings. The normalized spacial score (nSPS) is 12.8. The standard InChI is InChI=1S/C13H22O2Si/c1-13(2,10-16-12(14-3)15-4)11-8-6-5-7-9-11/h5-9,12H,10,16H2,1-4H3. The van der Waals surface area contributed by atoms with Gasteiger partial charge in [-0.15, -0.1) is 0 Å². The van der Waals surface area contributed by atoms with Crippen molar-refractivity contribution in [3.05, 3.63) is 35.9 Å². The Labute approximate surface area is 101 Å². The van der Waals surface area contributed by atoms with Crippen molar-refractivity contribution >= 4 is 9.52 Å². The third-order valence-corrected chi connectivity index (χ3v) is 5.76. The van der Waals surface area contributed by atoms with Crippen molar-refractivity contribution in [3.63, 3.8) is 0 Å². The molecule has 0 aromatic heterocycles. The molecule has 0 spiro atoms. The first-order valence-corrected chi connectivity index (χ1v) is 7.53. The van der Waals surface area contributed by atoms with E-state index in [0.29, 0.717) is 0 Å². The highest BCUT2D eigenvalue weighted by molar-refractivity contribution is 6.37. The van der Waals surface area contributed by atoms with Crippen LogP contribution >= 0.6 is 0 Å². The summed E-state index contributed by atoms with van der Waals surface area (Å²) in [5, 5.41) is 0. The van der Waals surface area contributed by atoms with Gasteiger partial charge in [-0.2, -0.15) is 0 Å². The van der Waals surface area contributed by atoms with Crippen LogP contribution in [0.4, 0.5) is 0 Å². The van der Waals surface area contributed by atoms with Crippen molar-refractivity contribution in [1.82, 2.24) is 0 Å². The van der Waals surface area contributed by atoms with Crippen LogP contribution in [-0.4, -0.2) is 29.7 Å². The molecule has 0 amide bonds. The van der Waals surface area contributed by atoms with Crippen LogP contribution in [0.1, 0.15) is 19.4 Å². The summed E-state index contributed by atoms with van der Waals surface area (Å²) in [6.45, 7) is 4.58. The fourth-order valence-corrected chi connectivity index (χ4v) is 3.56. The molecule has 0 aliphatic carbocycles. The summed E-state index contributed by atoms with van der Waals surface area (Å²) in [6, 6.07) is 11.8. The third kappa shape index (κ3) is 3.74. The van der Waals surface area contributed by atoms with Crippen LogP contribution in [0.15, 0.2) is 30.3 Å². The molecule has 90 valence electrons. The van der Waals surface area contributed by atoms with Gasteiger partial charge in [0.25, 0.3) is 0 Å². The van der Waals surface area contributed by atoms with E-state index < -0.39 is 0 Å². The first-order valence-electron chi connectivity index (χ1n) is 5.71. The second-order valence-electron chi connectivity index (χ2n) is 4.69. The Balaban J connectivity index is 2.58. The van der Waals surface area contributed by atoms with Crippen LogP contribution in [0.3, 0.4) is 0 Å². The summed E-state index contributed by atoms with van der Waals surface area (Å²) in [6.07, 6.45) is 0. The molecule has 1 aromatic rings. The van der Waals surface area contributed by atoms with Gasteiger partial charge >= 0.3 is 0 Å². The van der Waals surface area contributed by atoms with E-state index in [1.807, 2.05) is 0 Å². The predicted octanol–water partition coefficient (Wildman–Crippen LogP) is 2.13. The van der Waals surface area contributed by atoms with Gasteiger partial charge in [-0.1, -0.05) is 44.2 Å². The largest absolute Gasteiger partial charge is 0.360 e. The Morgan fingerprint density at radius 1 is 1.12 bits per heavy atom. The molecule has 0 saturated heterocycles. The van der Waals surface area contributed by atoms with Crippen molar-refractivity contribution in [1.29, 1.82) is 0 Å². The predicted molar refractivity (Wildman–Crippen MR) is 70.6 cm³/mol. The maximum absolute atomic E-state index is 5.27. The summed E-state index contributed by atoms with van der Waals surface area (Å²) < 4.78 is 10.5. The van der Waals surface area contributed by atoms with Gasteiger partial charge in [-0.05, 0) is 17.0 Å². The average molecular weight is 238 g/mol. The van der Waals surface area contributed by atoms with Crippen molar-refractivity contribution in [2.24, 2.45) is 0 Å². The monoisotopic (exact) mass is 238 g/mol. The zero-order valence-corrected chi connectivity index (χ0v) is 12.1. The number of ether oxygens (including phenoxy) is 2. The molecule has 1 rings (SSSR count). The minimum atomic E-state index is -0.367. The highest BCUT2D eigenvalue weighted by Crippen LogP contribution is 2.27. The zero-order chi connectivity index (χ0) is 12.0. The highest BCUT2D eigenvalue weighted by Gasteiger charge is 2.22. The van der Waals surface area contributed by atoms with Crippen LogP contribution in [0, 0.1) is 0 Å². The molecular weight excluding hydrogens is 216 g/mol. The Morgan fingerprint density at radius 3 is 2.19 bits per heavy atom. The smallest absolute Gasteiger partial charge is 0.134 e. The quantitative estimate of drug-likeness (QED) is 0.558. The van der Waals surface area contributed by atoms with Crippen molar-refractivity contribution in [2.45, 2.75) is 31.2 Å². The number of hydrogen-bond acceptors (Lipinski definition) is 2. The Kier molecular flexibility index (Phi) is 5.18. The SMILES string of the molecule is COC(OC)[SiH2]CC(C)(C)c1ccccc1. The fraction of sp³-hybridized carbons (Fsp3) is 0.538. The lowest BCUT2D eigenvalue weighted by atomic mass is 9.87. The van der Waals surface area contributed by atoms with Crippen LogP contribution in [0.2, 0.25) is 6.04 Å². The second-order valence-corrected chi connectivity index (χ2v) is 6.43. The first kappa shape index (κ1) is 13.4. The van der Waals surface area contributed by atoms with E-state index in [-0.39, 0.29) is 20.8 Å². The van der Waals surface area contributed by atoms with Gasteiger partial charge in [0.2, 0.25) is 0 Å². The van der Waals surface area contributed by atoms with E-state index in [1.165, 1.54) is 11.6 Å². The Hall–Kier alpha value is -0.643. The fourth-order valence-electron chi connectivity index (χ4n) is 1.84. The summed E-state index contributed by atoms with van der Waals surface area (Å²) in [5.41, 5.74) is 1.62. The minimum Gasteiger partial charge on any atom is -0.360 e. The molecule has 0 saturated carbocycles. The Morgan fingerprint density at radius 2 is 1.69 bits per heavy atom. The molecule has 0 radical (unpaired) electrons. The first-order chi connectivity index (χ1) is 7.60. The van der Waals surface area contributed by atoms with Gasteiger partial charge in [0.05, 0.1) is 9.52 Å². The van der Waals surface area contributed by atoms with Gasteiger partial charge in [-0.25, -0.2) is 0 Å². The number of hydrogen-bond donors (Lipinski definition) is 0. The van der Waals surface area contributed by atoms with Gasteiger partial charge in [0, 0.05) is 14.2 Å². The lowest BCUT2D eigenvalue weighted by molar-refractivity contribution is -0.0444. The molecule has 0 unspecified atom stereocenters. The van der Waals surface area contributed by atoms with Crippen LogP contribution in [-0.2, 0) is 14.9 Å². The van der Waals surface area contributed by atoms with E-state index in [0.717, 1.165) is 0 Å². The molecule has 0 aliphatic heterocycles. The van der Waals surface area contributed by atoms with E-state index >= 15 is 0 Å². The summed E-state index contributed by atoms with van der Waals surface area (Å²) in [4.78, 5) is 0. The lowest BCUT2D eigenvalue weighted by Crippen LogP contribution is -2.28. The van der Waals surface area contributed by atoms with Gasteiger partial charge < -0.3 is 9.47 Å². The van der Waals surface area contributed by atoms with Gasteiger partial charge in [0.1, 0.15) is 5.91 Å². The zero-order valence-electron chi connectivity index (χ0n) is 10.7. The summed E-state index contributed by atoms with van der Waals surface area (Å²) in [5.74, 6) is 0.0444. The van der Waals surface area contributed by atoms with Crippen molar-refractivity contribution < 1.29 is 9.47 Å². The molecule has 0 bridgehead atoms.